The molecule has 1 heterocycles. The number of benzene rings is 2. The number of fused-ring (bicyclic) bond motifs is 1. The number of carbonyl (C=O) groups is 1. The molecule has 2 aromatic carbocycles. The van der Waals surface area contributed by atoms with E-state index in [0.29, 0.717) is 11.3 Å². The average Bonchev–Trinajstić information content (AvgIpc) is 2.85. The van der Waals surface area contributed by atoms with Crippen LogP contribution >= 0.6 is 0 Å². The summed E-state index contributed by atoms with van der Waals surface area (Å²) >= 11 is 0. The number of rotatable bonds is 4. The molecule has 0 radical (unpaired) electrons. The molecule has 1 atom stereocenters. The summed E-state index contributed by atoms with van der Waals surface area (Å²) in [5, 5.41) is 2.56. The van der Waals surface area contributed by atoms with Crippen LogP contribution in [0.2, 0.25) is 0 Å². The molecule has 1 N–H and O–H groups in total. The second-order valence-corrected chi connectivity index (χ2v) is 8.52. The van der Waals surface area contributed by atoms with Gasteiger partial charge in [0.1, 0.15) is 5.75 Å². The lowest BCUT2D eigenvalue weighted by Gasteiger charge is -2.20. The summed E-state index contributed by atoms with van der Waals surface area (Å²) in [5.74, 6) is -0.290. The van der Waals surface area contributed by atoms with Crippen LogP contribution in [0.1, 0.15) is 17.5 Å². The van der Waals surface area contributed by atoms with E-state index in [1.807, 2.05) is 0 Å². The molecule has 6 nitrogen and oxygen atoms in total. The van der Waals surface area contributed by atoms with Crippen molar-refractivity contribution in [2.75, 3.05) is 17.1 Å². The maximum absolute atomic E-state index is 12.8. The Bertz CT molecular complexity index is 1010. The van der Waals surface area contributed by atoms with Crippen molar-refractivity contribution in [1.29, 1.82) is 0 Å². The molecule has 0 saturated carbocycles. The first-order valence-electron chi connectivity index (χ1n) is 8.73. The van der Waals surface area contributed by atoms with Crippen molar-refractivity contribution in [3.8, 4) is 5.75 Å². The smallest absolute Gasteiger partial charge is 0.416 e. The lowest BCUT2D eigenvalue weighted by Crippen LogP contribution is -2.39. The number of para-hydroxylation sites is 2. The Morgan fingerprint density at radius 3 is 2.62 bits per heavy atom. The number of halogens is 3. The fourth-order valence-corrected chi connectivity index (χ4v) is 3.96. The Balaban J connectivity index is 1.73. The van der Waals surface area contributed by atoms with Crippen molar-refractivity contribution in [2.24, 2.45) is 0 Å². The molecule has 10 heteroatoms. The van der Waals surface area contributed by atoms with Crippen molar-refractivity contribution in [2.45, 2.75) is 25.2 Å². The number of nitrogens with zero attached hydrogens (tertiary/aromatic N) is 1. The molecule has 0 aliphatic carbocycles. The number of nitrogens with one attached hydrogen (secondary N) is 1. The van der Waals surface area contributed by atoms with E-state index >= 15 is 0 Å². The predicted octanol–water partition coefficient (Wildman–Crippen LogP) is 2.94. The van der Waals surface area contributed by atoms with Crippen molar-refractivity contribution >= 4 is 21.6 Å². The van der Waals surface area contributed by atoms with E-state index in [9.17, 15) is 26.4 Å². The molecule has 156 valence electrons. The number of anilines is 1. The minimum absolute atomic E-state index is 0.0392. The molecule has 1 aliphatic rings. The molecule has 0 unspecified atom stereocenters. The highest BCUT2D eigenvalue weighted by molar-refractivity contribution is 7.92. The van der Waals surface area contributed by atoms with E-state index in [1.165, 1.54) is 16.4 Å². The first kappa shape index (κ1) is 21.0. The molecule has 0 aromatic heterocycles. The third-order valence-electron chi connectivity index (χ3n) is 4.41. The van der Waals surface area contributed by atoms with E-state index in [4.69, 9.17) is 4.74 Å². The molecule has 1 aliphatic heterocycles. The van der Waals surface area contributed by atoms with Gasteiger partial charge in [0.05, 0.1) is 17.5 Å². The maximum atomic E-state index is 12.8. The minimum atomic E-state index is -4.47. The van der Waals surface area contributed by atoms with Crippen LogP contribution in [0.25, 0.3) is 0 Å². The van der Waals surface area contributed by atoms with Gasteiger partial charge in [0, 0.05) is 19.5 Å². The molecule has 0 fully saturated rings. The van der Waals surface area contributed by atoms with Crippen LogP contribution in [0, 0.1) is 0 Å². The largest absolute Gasteiger partial charge is 0.478 e. The van der Waals surface area contributed by atoms with Crippen LogP contribution < -0.4 is 14.4 Å². The molecular weight excluding hydrogens is 409 g/mol. The minimum Gasteiger partial charge on any atom is -0.478 e. The van der Waals surface area contributed by atoms with Gasteiger partial charge in [0.25, 0.3) is 5.91 Å². The number of amides is 1. The Hall–Kier alpha value is -2.75. The van der Waals surface area contributed by atoms with Gasteiger partial charge in [0.2, 0.25) is 10.0 Å². The zero-order valence-corrected chi connectivity index (χ0v) is 16.3. The van der Waals surface area contributed by atoms with Gasteiger partial charge in [-0.05, 0) is 29.8 Å². The summed E-state index contributed by atoms with van der Waals surface area (Å²) in [4.78, 5) is 12.5. The van der Waals surface area contributed by atoms with Crippen LogP contribution in [0.5, 0.6) is 5.75 Å². The van der Waals surface area contributed by atoms with Crippen molar-refractivity contribution in [3.05, 3.63) is 59.7 Å². The second-order valence-electron chi connectivity index (χ2n) is 6.61. The lowest BCUT2D eigenvalue weighted by atomic mass is 10.1. The van der Waals surface area contributed by atoms with E-state index in [0.717, 1.165) is 18.4 Å². The van der Waals surface area contributed by atoms with Crippen LogP contribution in [0.3, 0.4) is 0 Å². The van der Waals surface area contributed by atoms with E-state index in [2.05, 4.69) is 5.32 Å². The Morgan fingerprint density at radius 1 is 1.21 bits per heavy atom. The quantitative estimate of drug-likeness (QED) is 0.813. The maximum Gasteiger partial charge on any atom is 0.416 e. The third-order valence-corrected chi connectivity index (χ3v) is 5.59. The summed E-state index contributed by atoms with van der Waals surface area (Å²) in [6.07, 6.45) is -4.29. The standard InChI is InChI=1S/C19H19F3N2O4S/c1-29(26,27)24-10-9-17(28-16-8-3-2-7-15(16)24)18(25)23-12-13-5-4-6-14(11-13)19(20,21)22/h2-8,11,17H,9-10,12H2,1H3,(H,23,25)/t17-/m0/s1. The number of sulfonamides is 1. The summed E-state index contributed by atoms with van der Waals surface area (Å²) in [6.45, 7) is -0.0719. The van der Waals surface area contributed by atoms with E-state index in [1.54, 1.807) is 24.3 Å². The topological polar surface area (TPSA) is 75.7 Å². The number of hydrogen-bond donors (Lipinski definition) is 1. The van der Waals surface area contributed by atoms with Gasteiger partial charge in [0.15, 0.2) is 6.10 Å². The fourth-order valence-electron chi connectivity index (χ4n) is 3.02. The number of hydrogen-bond acceptors (Lipinski definition) is 4. The van der Waals surface area contributed by atoms with Crippen molar-refractivity contribution in [1.82, 2.24) is 5.32 Å². The van der Waals surface area contributed by atoms with Gasteiger partial charge in [-0.1, -0.05) is 24.3 Å². The normalized spacial score (nSPS) is 17.1. The average molecular weight is 428 g/mol. The van der Waals surface area contributed by atoms with Crippen molar-refractivity contribution < 1.29 is 31.1 Å². The highest BCUT2D eigenvalue weighted by Crippen LogP contribution is 2.34. The molecule has 29 heavy (non-hydrogen) atoms. The van der Waals surface area contributed by atoms with Gasteiger partial charge in [-0.2, -0.15) is 13.2 Å². The van der Waals surface area contributed by atoms with Gasteiger partial charge in [-0.25, -0.2) is 8.42 Å². The molecule has 0 spiro atoms. The first-order valence-corrected chi connectivity index (χ1v) is 10.6. The SMILES string of the molecule is CS(=O)(=O)N1CC[C@@H](C(=O)NCc2cccc(C(F)(F)F)c2)Oc2ccccc21. The van der Waals surface area contributed by atoms with Gasteiger partial charge < -0.3 is 10.1 Å². The third kappa shape index (κ3) is 5.00. The van der Waals surface area contributed by atoms with Crippen LogP contribution in [-0.2, 0) is 27.5 Å². The first-order chi connectivity index (χ1) is 13.6. The Kier molecular flexibility index (Phi) is 5.74. The molecule has 0 bridgehead atoms. The highest BCUT2D eigenvalue weighted by atomic mass is 32.2. The molecule has 1 amide bonds. The molecule has 3 rings (SSSR count). The molecule has 0 saturated heterocycles. The Labute approximate surface area is 166 Å². The number of alkyl halides is 3. The Morgan fingerprint density at radius 2 is 1.93 bits per heavy atom. The second kappa shape index (κ2) is 7.94. The summed E-state index contributed by atoms with van der Waals surface area (Å²) in [6, 6.07) is 11.1. The van der Waals surface area contributed by atoms with Gasteiger partial charge >= 0.3 is 6.18 Å². The zero-order chi connectivity index (χ0) is 21.2. The van der Waals surface area contributed by atoms with E-state index < -0.39 is 33.8 Å². The zero-order valence-electron chi connectivity index (χ0n) is 15.4. The number of ether oxygens (including phenoxy) is 1. The van der Waals surface area contributed by atoms with Crippen LogP contribution in [0.15, 0.2) is 48.5 Å². The predicted molar refractivity (Wildman–Crippen MR) is 101 cm³/mol. The monoisotopic (exact) mass is 428 g/mol. The van der Waals surface area contributed by atoms with Gasteiger partial charge in [-0.15, -0.1) is 0 Å². The van der Waals surface area contributed by atoms with Crippen molar-refractivity contribution in [3.63, 3.8) is 0 Å². The number of carbonyl (C=O) groups excluding carboxylic acids is 1. The fraction of sp³-hybridized carbons (Fsp3) is 0.316. The molecular formula is C19H19F3N2O4S. The summed E-state index contributed by atoms with van der Waals surface area (Å²) in [7, 11) is -3.57. The highest BCUT2D eigenvalue weighted by Gasteiger charge is 2.32. The summed E-state index contributed by atoms with van der Waals surface area (Å²) < 4.78 is 69.5. The van der Waals surface area contributed by atoms with Crippen LogP contribution in [0.4, 0.5) is 18.9 Å². The van der Waals surface area contributed by atoms with Crippen LogP contribution in [-0.4, -0.2) is 33.2 Å². The molecule has 2 aromatic rings. The van der Waals surface area contributed by atoms with Gasteiger partial charge in [-0.3, -0.25) is 9.10 Å². The summed E-state index contributed by atoms with van der Waals surface area (Å²) in [5.41, 5.74) is -0.171. The lowest BCUT2D eigenvalue weighted by molar-refractivity contribution is -0.137. The van der Waals surface area contributed by atoms with E-state index in [-0.39, 0.29) is 25.3 Å².